The van der Waals surface area contributed by atoms with Crippen LogP contribution in [-0.4, -0.2) is 32.6 Å². The number of carboxylic acid groups (broad SMARTS) is 1. The topological polar surface area (TPSA) is 90.9 Å². The summed E-state index contributed by atoms with van der Waals surface area (Å²) in [6.45, 7) is 2.39. The van der Waals surface area contributed by atoms with Gasteiger partial charge in [-0.05, 0) is 31.0 Å². The number of nitrogens with zero attached hydrogens (tertiary/aromatic N) is 2. The summed E-state index contributed by atoms with van der Waals surface area (Å²) in [7, 11) is 0. The minimum Gasteiger partial charge on any atom is -0.477 e. The van der Waals surface area contributed by atoms with Gasteiger partial charge in [-0.15, -0.1) is 0 Å². The third kappa shape index (κ3) is 3.07. The number of nitrogens with one attached hydrogen (secondary N) is 2. The van der Waals surface area contributed by atoms with E-state index in [-0.39, 0.29) is 5.69 Å². The molecular weight excluding hydrogens is 232 g/mol. The average molecular weight is 246 g/mol. The van der Waals surface area contributed by atoms with Crippen molar-refractivity contribution in [3.8, 4) is 0 Å². The zero-order chi connectivity index (χ0) is 13.0. The van der Waals surface area contributed by atoms with Gasteiger partial charge in [-0.25, -0.2) is 14.8 Å². The predicted molar refractivity (Wildman–Crippen MR) is 66.7 cm³/mol. The van der Waals surface area contributed by atoms with E-state index in [1.807, 2.05) is 18.5 Å². The molecule has 0 aliphatic rings. The van der Waals surface area contributed by atoms with Crippen molar-refractivity contribution in [2.75, 3.05) is 11.9 Å². The fourth-order valence-electron chi connectivity index (χ4n) is 1.59. The standard InChI is InChI=1S/C12H14N4O2/c1-8-6-10(11(17)18)16-12(15-8)14-5-3-9-2-4-13-7-9/h2,4,6-7,13H,3,5H2,1H3,(H,17,18)(H,14,15,16). The highest BCUT2D eigenvalue weighted by atomic mass is 16.4. The number of aryl methyl sites for hydroxylation is 1. The third-order valence-corrected chi connectivity index (χ3v) is 2.43. The van der Waals surface area contributed by atoms with Gasteiger partial charge in [0.2, 0.25) is 5.95 Å². The molecule has 0 aliphatic carbocycles. The van der Waals surface area contributed by atoms with Gasteiger partial charge in [-0.1, -0.05) is 0 Å². The maximum absolute atomic E-state index is 10.8. The lowest BCUT2D eigenvalue weighted by atomic mass is 10.2. The van der Waals surface area contributed by atoms with E-state index in [1.54, 1.807) is 6.92 Å². The van der Waals surface area contributed by atoms with E-state index in [1.165, 1.54) is 11.6 Å². The van der Waals surface area contributed by atoms with Crippen LogP contribution in [0.25, 0.3) is 0 Å². The second-order valence-electron chi connectivity index (χ2n) is 3.92. The number of aromatic amines is 1. The molecule has 94 valence electrons. The molecule has 2 rings (SSSR count). The summed E-state index contributed by atoms with van der Waals surface area (Å²) in [5, 5.41) is 11.9. The van der Waals surface area contributed by atoms with Gasteiger partial charge in [0.1, 0.15) is 0 Å². The maximum atomic E-state index is 10.8. The van der Waals surface area contributed by atoms with Crippen LogP contribution in [0, 0.1) is 6.92 Å². The van der Waals surface area contributed by atoms with Gasteiger partial charge in [-0.2, -0.15) is 0 Å². The van der Waals surface area contributed by atoms with Gasteiger partial charge < -0.3 is 15.4 Å². The predicted octanol–water partition coefficient (Wildman–Crippen LogP) is 1.47. The zero-order valence-corrected chi connectivity index (χ0v) is 9.97. The molecule has 0 amide bonds. The lowest BCUT2D eigenvalue weighted by molar-refractivity contribution is 0.0690. The van der Waals surface area contributed by atoms with Crippen molar-refractivity contribution >= 4 is 11.9 Å². The van der Waals surface area contributed by atoms with Gasteiger partial charge in [0.05, 0.1) is 0 Å². The molecule has 6 heteroatoms. The SMILES string of the molecule is Cc1cc(C(=O)O)nc(NCCc2cc[nH]c2)n1. The molecule has 2 heterocycles. The Kier molecular flexibility index (Phi) is 3.57. The Morgan fingerprint density at radius 3 is 3.00 bits per heavy atom. The van der Waals surface area contributed by atoms with Crippen LogP contribution in [0.1, 0.15) is 21.7 Å². The molecule has 2 aromatic heterocycles. The quantitative estimate of drug-likeness (QED) is 0.743. The molecule has 0 spiro atoms. The number of carboxylic acids is 1. The van der Waals surface area contributed by atoms with E-state index in [0.717, 1.165) is 6.42 Å². The number of anilines is 1. The maximum Gasteiger partial charge on any atom is 0.354 e. The summed E-state index contributed by atoms with van der Waals surface area (Å²) in [6.07, 6.45) is 4.60. The van der Waals surface area contributed by atoms with E-state index in [4.69, 9.17) is 5.11 Å². The van der Waals surface area contributed by atoms with Gasteiger partial charge in [-0.3, -0.25) is 0 Å². The summed E-state index contributed by atoms with van der Waals surface area (Å²) in [5.41, 5.74) is 1.81. The van der Waals surface area contributed by atoms with Crippen LogP contribution >= 0.6 is 0 Å². The third-order valence-electron chi connectivity index (χ3n) is 2.43. The van der Waals surface area contributed by atoms with Crippen molar-refractivity contribution in [3.05, 3.63) is 41.5 Å². The molecule has 0 saturated carbocycles. The number of H-pyrrole nitrogens is 1. The zero-order valence-electron chi connectivity index (χ0n) is 9.97. The molecule has 0 atom stereocenters. The second kappa shape index (κ2) is 5.31. The molecule has 0 fully saturated rings. The summed E-state index contributed by atoms with van der Waals surface area (Å²) in [5.74, 6) is -0.697. The van der Waals surface area contributed by atoms with Crippen molar-refractivity contribution < 1.29 is 9.90 Å². The van der Waals surface area contributed by atoms with Crippen LogP contribution in [0.2, 0.25) is 0 Å². The Morgan fingerprint density at radius 1 is 1.50 bits per heavy atom. The number of rotatable bonds is 5. The Bertz CT molecular complexity index is 537. The largest absolute Gasteiger partial charge is 0.477 e. The van der Waals surface area contributed by atoms with E-state index in [2.05, 4.69) is 20.3 Å². The van der Waals surface area contributed by atoms with Gasteiger partial charge in [0.15, 0.2) is 5.69 Å². The van der Waals surface area contributed by atoms with Crippen LogP contribution in [-0.2, 0) is 6.42 Å². The van der Waals surface area contributed by atoms with Crippen LogP contribution < -0.4 is 5.32 Å². The smallest absolute Gasteiger partial charge is 0.354 e. The lowest BCUT2D eigenvalue weighted by Gasteiger charge is -2.05. The van der Waals surface area contributed by atoms with E-state index < -0.39 is 5.97 Å². The molecule has 0 saturated heterocycles. The van der Waals surface area contributed by atoms with Crippen molar-refractivity contribution in [2.45, 2.75) is 13.3 Å². The molecule has 0 radical (unpaired) electrons. The second-order valence-corrected chi connectivity index (χ2v) is 3.92. The molecule has 2 aromatic rings. The molecule has 3 N–H and O–H groups in total. The number of carbonyl (C=O) groups is 1. The highest BCUT2D eigenvalue weighted by molar-refractivity contribution is 5.85. The Morgan fingerprint density at radius 2 is 2.33 bits per heavy atom. The average Bonchev–Trinajstić information content (AvgIpc) is 2.81. The minimum atomic E-state index is -1.05. The van der Waals surface area contributed by atoms with Crippen molar-refractivity contribution in [1.29, 1.82) is 0 Å². The first-order valence-electron chi connectivity index (χ1n) is 5.59. The first-order chi connectivity index (χ1) is 8.65. The number of hydrogen-bond acceptors (Lipinski definition) is 4. The van der Waals surface area contributed by atoms with Crippen LogP contribution in [0.5, 0.6) is 0 Å². The minimum absolute atomic E-state index is 0.00615. The Hall–Kier alpha value is -2.37. The van der Waals surface area contributed by atoms with Crippen molar-refractivity contribution in [3.63, 3.8) is 0 Å². The molecular formula is C12H14N4O2. The van der Waals surface area contributed by atoms with E-state index in [0.29, 0.717) is 18.2 Å². The summed E-state index contributed by atoms with van der Waals surface area (Å²) < 4.78 is 0. The first kappa shape index (κ1) is 12.1. The molecule has 0 bridgehead atoms. The van der Waals surface area contributed by atoms with Crippen LogP contribution in [0.4, 0.5) is 5.95 Å². The van der Waals surface area contributed by atoms with Crippen molar-refractivity contribution in [1.82, 2.24) is 15.0 Å². The molecule has 0 aromatic carbocycles. The van der Waals surface area contributed by atoms with Crippen LogP contribution in [0.3, 0.4) is 0 Å². The van der Waals surface area contributed by atoms with E-state index in [9.17, 15) is 4.79 Å². The monoisotopic (exact) mass is 246 g/mol. The number of hydrogen-bond donors (Lipinski definition) is 3. The highest BCUT2D eigenvalue weighted by Crippen LogP contribution is 2.05. The molecule has 18 heavy (non-hydrogen) atoms. The van der Waals surface area contributed by atoms with Crippen molar-refractivity contribution in [2.24, 2.45) is 0 Å². The van der Waals surface area contributed by atoms with Gasteiger partial charge >= 0.3 is 5.97 Å². The Labute approximate surface area is 104 Å². The normalized spacial score (nSPS) is 10.3. The number of aromatic nitrogens is 3. The first-order valence-corrected chi connectivity index (χ1v) is 5.59. The van der Waals surface area contributed by atoms with Crippen LogP contribution in [0.15, 0.2) is 24.5 Å². The fourth-order valence-corrected chi connectivity index (χ4v) is 1.59. The van der Waals surface area contributed by atoms with E-state index >= 15 is 0 Å². The molecule has 0 aliphatic heterocycles. The Balaban J connectivity index is 1.98. The van der Waals surface area contributed by atoms with Gasteiger partial charge in [0, 0.05) is 24.6 Å². The number of aromatic carboxylic acids is 1. The molecule has 6 nitrogen and oxygen atoms in total. The molecule has 0 unspecified atom stereocenters. The summed E-state index contributed by atoms with van der Waals surface area (Å²) >= 11 is 0. The summed E-state index contributed by atoms with van der Waals surface area (Å²) in [6, 6.07) is 3.43. The van der Waals surface area contributed by atoms with Gasteiger partial charge in [0.25, 0.3) is 0 Å². The fraction of sp³-hybridized carbons (Fsp3) is 0.250. The summed E-state index contributed by atoms with van der Waals surface area (Å²) in [4.78, 5) is 21.9. The lowest BCUT2D eigenvalue weighted by Crippen LogP contribution is -2.11. The highest BCUT2D eigenvalue weighted by Gasteiger charge is 2.08.